The lowest BCUT2D eigenvalue weighted by molar-refractivity contribution is 0.144. The van der Waals surface area contributed by atoms with Crippen LogP contribution >= 0.6 is 0 Å². The molecular formula is C15H23NO4. The van der Waals surface area contributed by atoms with Crippen molar-refractivity contribution in [3.05, 3.63) is 23.8 Å². The van der Waals surface area contributed by atoms with Gasteiger partial charge in [-0.2, -0.15) is 0 Å². The van der Waals surface area contributed by atoms with Gasteiger partial charge in [-0.1, -0.05) is 32.3 Å². The van der Waals surface area contributed by atoms with Crippen LogP contribution in [0.15, 0.2) is 18.2 Å². The van der Waals surface area contributed by atoms with E-state index in [-0.39, 0.29) is 11.5 Å². The summed E-state index contributed by atoms with van der Waals surface area (Å²) in [5.74, 6) is -0.297. The molecule has 5 heteroatoms. The fourth-order valence-corrected chi connectivity index (χ4v) is 1.78. The van der Waals surface area contributed by atoms with Gasteiger partial charge in [0.2, 0.25) is 0 Å². The first-order valence-electron chi connectivity index (χ1n) is 7.05. The third-order valence-corrected chi connectivity index (χ3v) is 2.95. The van der Waals surface area contributed by atoms with Gasteiger partial charge >= 0.3 is 6.09 Å². The van der Waals surface area contributed by atoms with Crippen molar-refractivity contribution in [2.75, 3.05) is 13.2 Å². The first-order chi connectivity index (χ1) is 9.63. The molecule has 0 aliphatic carbocycles. The fourth-order valence-electron chi connectivity index (χ4n) is 1.78. The van der Waals surface area contributed by atoms with E-state index in [0.29, 0.717) is 19.6 Å². The standard InChI is InChI=1S/C15H23NO4/c1-2-3-4-5-10-20-15(19)16-9-8-12-6-7-13(17)14(18)11-12/h6-7,11,17-18H,2-5,8-10H2,1H3,(H,16,19). The summed E-state index contributed by atoms with van der Waals surface area (Å²) in [5.41, 5.74) is 0.837. The van der Waals surface area contributed by atoms with Crippen LogP contribution < -0.4 is 5.32 Å². The summed E-state index contributed by atoms with van der Waals surface area (Å²) in [6.45, 7) is 3.01. The maximum Gasteiger partial charge on any atom is 0.407 e. The Hall–Kier alpha value is -1.91. The van der Waals surface area contributed by atoms with Crippen LogP contribution in [0.5, 0.6) is 11.5 Å². The van der Waals surface area contributed by atoms with Crippen molar-refractivity contribution in [3.8, 4) is 11.5 Å². The second kappa shape index (κ2) is 9.07. The Kier molecular flexibility index (Phi) is 7.32. The fraction of sp³-hybridized carbons (Fsp3) is 0.533. The molecule has 1 rings (SSSR count). The molecule has 1 amide bonds. The number of nitrogens with one attached hydrogen (secondary N) is 1. The quantitative estimate of drug-likeness (QED) is 0.505. The second-order valence-corrected chi connectivity index (χ2v) is 4.70. The van der Waals surface area contributed by atoms with E-state index in [1.165, 1.54) is 12.1 Å². The van der Waals surface area contributed by atoms with Gasteiger partial charge in [0.25, 0.3) is 0 Å². The highest BCUT2D eigenvalue weighted by molar-refractivity contribution is 5.67. The number of hydrogen-bond acceptors (Lipinski definition) is 4. The average molecular weight is 281 g/mol. The number of hydrogen-bond donors (Lipinski definition) is 3. The topological polar surface area (TPSA) is 78.8 Å². The number of phenolic OH excluding ortho intramolecular Hbond substituents is 2. The number of ether oxygens (including phenoxy) is 1. The van der Waals surface area contributed by atoms with E-state index in [2.05, 4.69) is 12.2 Å². The summed E-state index contributed by atoms with van der Waals surface area (Å²) in [7, 11) is 0. The van der Waals surface area contributed by atoms with Gasteiger partial charge < -0.3 is 20.3 Å². The normalized spacial score (nSPS) is 10.2. The molecule has 0 unspecified atom stereocenters. The molecule has 1 aromatic rings. The summed E-state index contributed by atoms with van der Waals surface area (Å²) in [5, 5.41) is 21.2. The minimum Gasteiger partial charge on any atom is -0.504 e. The summed E-state index contributed by atoms with van der Waals surface area (Å²) in [6.07, 6.45) is 4.45. The lowest BCUT2D eigenvalue weighted by Gasteiger charge is -2.07. The van der Waals surface area contributed by atoms with Gasteiger partial charge in [0.05, 0.1) is 6.61 Å². The molecular weight excluding hydrogens is 258 g/mol. The van der Waals surface area contributed by atoms with Gasteiger partial charge in [0.1, 0.15) is 0 Å². The number of rotatable bonds is 8. The van der Waals surface area contributed by atoms with Crippen LogP contribution in [-0.4, -0.2) is 29.5 Å². The van der Waals surface area contributed by atoms with E-state index in [1.807, 2.05) is 0 Å². The van der Waals surface area contributed by atoms with Crippen LogP contribution in [-0.2, 0) is 11.2 Å². The highest BCUT2D eigenvalue weighted by Crippen LogP contribution is 2.24. The Balaban J connectivity index is 2.13. The number of carbonyl (C=O) groups is 1. The van der Waals surface area contributed by atoms with Crippen LogP contribution in [0.1, 0.15) is 38.2 Å². The molecule has 0 saturated carbocycles. The zero-order valence-electron chi connectivity index (χ0n) is 11.9. The van der Waals surface area contributed by atoms with Gasteiger partial charge in [0.15, 0.2) is 11.5 Å². The number of phenols is 2. The van der Waals surface area contributed by atoms with Crippen molar-refractivity contribution in [2.45, 2.75) is 39.0 Å². The van der Waals surface area contributed by atoms with Gasteiger partial charge in [-0.05, 0) is 30.5 Å². The molecule has 0 aromatic heterocycles. The van der Waals surface area contributed by atoms with Gasteiger partial charge in [-0.15, -0.1) is 0 Å². The average Bonchev–Trinajstić information content (AvgIpc) is 2.42. The van der Waals surface area contributed by atoms with Crippen molar-refractivity contribution < 1.29 is 19.7 Å². The molecule has 1 aromatic carbocycles. The van der Waals surface area contributed by atoms with E-state index >= 15 is 0 Å². The molecule has 20 heavy (non-hydrogen) atoms. The predicted molar refractivity (Wildman–Crippen MR) is 77.0 cm³/mol. The number of unbranched alkanes of at least 4 members (excludes halogenated alkanes) is 3. The van der Waals surface area contributed by atoms with Crippen LogP contribution in [0.2, 0.25) is 0 Å². The Morgan fingerprint density at radius 3 is 2.70 bits per heavy atom. The van der Waals surface area contributed by atoms with Crippen LogP contribution in [0.3, 0.4) is 0 Å². The Bertz CT molecular complexity index is 420. The zero-order chi connectivity index (χ0) is 14.8. The lowest BCUT2D eigenvalue weighted by Crippen LogP contribution is -2.26. The van der Waals surface area contributed by atoms with E-state index in [1.54, 1.807) is 6.07 Å². The van der Waals surface area contributed by atoms with Gasteiger partial charge in [-0.3, -0.25) is 0 Å². The molecule has 0 bridgehead atoms. The number of aromatic hydroxyl groups is 2. The number of amides is 1. The number of alkyl carbamates (subject to hydrolysis) is 1. The minimum absolute atomic E-state index is 0.145. The molecule has 0 heterocycles. The Morgan fingerprint density at radius 2 is 2.00 bits per heavy atom. The van der Waals surface area contributed by atoms with Gasteiger partial charge in [-0.25, -0.2) is 4.79 Å². The third-order valence-electron chi connectivity index (χ3n) is 2.95. The monoisotopic (exact) mass is 281 g/mol. The molecule has 0 atom stereocenters. The Morgan fingerprint density at radius 1 is 1.20 bits per heavy atom. The highest BCUT2D eigenvalue weighted by Gasteiger charge is 2.03. The van der Waals surface area contributed by atoms with Crippen LogP contribution in [0.4, 0.5) is 4.79 Å². The van der Waals surface area contributed by atoms with E-state index in [0.717, 1.165) is 31.2 Å². The molecule has 5 nitrogen and oxygen atoms in total. The smallest absolute Gasteiger partial charge is 0.407 e. The van der Waals surface area contributed by atoms with Crippen molar-refractivity contribution in [3.63, 3.8) is 0 Å². The molecule has 112 valence electrons. The van der Waals surface area contributed by atoms with Gasteiger partial charge in [0, 0.05) is 6.54 Å². The number of benzene rings is 1. The number of carbonyl (C=O) groups excluding carboxylic acids is 1. The molecule has 3 N–H and O–H groups in total. The first kappa shape index (κ1) is 16.1. The van der Waals surface area contributed by atoms with Crippen molar-refractivity contribution >= 4 is 6.09 Å². The SMILES string of the molecule is CCCCCCOC(=O)NCCc1ccc(O)c(O)c1. The molecule has 0 spiro atoms. The van der Waals surface area contributed by atoms with E-state index in [4.69, 9.17) is 4.74 Å². The first-order valence-corrected chi connectivity index (χ1v) is 7.05. The molecule has 0 aliphatic rings. The Labute approximate surface area is 119 Å². The second-order valence-electron chi connectivity index (χ2n) is 4.70. The largest absolute Gasteiger partial charge is 0.504 e. The molecule has 0 saturated heterocycles. The van der Waals surface area contributed by atoms with Crippen molar-refractivity contribution in [2.24, 2.45) is 0 Å². The maximum absolute atomic E-state index is 11.4. The molecule has 0 radical (unpaired) electrons. The van der Waals surface area contributed by atoms with Crippen molar-refractivity contribution in [1.82, 2.24) is 5.32 Å². The lowest BCUT2D eigenvalue weighted by atomic mass is 10.1. The summed E-state index contributed by atoms with van der Waals surface area (Å²) in [6, 6.07) is 4.61. The zero-order valence-corrected chi connectivity index (χ0v) is 11.9. The van der Waals surface area contributed by atoms with Crippen LogP contribution in [0, 0.1) is 0 Å². The third kappa shape index (κ3) is 6.31. The van der Waals surface area contributed by atoms with E-state index < -0.39 is 6.09 Å². The summed E-state index contributed by atoms with van der Waals surface area (Å²) >= 11 is 0. The summed E-state index contributed by atoms with van der Waals surface area (Å²) < 4.78 is 5.03. The predicted octanol–water partition coefficient (Wildman–Crippen LogP) is 2.95. The van der Waals surface area contributed by atoms with Crippen LogP contribution in [0.25, 0.3) is 0 Å². The van der Waals surface area contributed by atoms with Crippen molar-refractivity contribution in [1.29, 1.82) is 0 Å². The minimum atomic E-state index is -0.413. The highest BCUT2D eigenvalue weighted by atomic mass is 16.5. The molecule has 0 fully saturated rings. The molecule has 0 aliphatic heterocycles. The summed E-state index contributed by atoms with van der Waals surface area (Å²) in [4.78, 5) is 11.4. The maximum atomic E-state index is 11.4. The van der Waals surface area contributed by atoms with E-state index in [9.17, 15) is 15.0 Å².